The van der Waals surface area contributed by atoms with Crippen molar-refractivity contribution in [3.8, 4) is 22.4 Å². The number of fused-ring (bicyclic) bond motifs is 1. The third-order valence-corrected chi connectivity index (χ3v) is 5.73. The van der Waals surface area contributed by atoms with Crippen LogP contribution in [0.1, 0.15) is 15.9 Å². The van der Waals surface area contributed by atoms with Gasteiger partial charge in [-0.15, -0.1) is 0 Å². The average molecular weight is 453 g/mol. The Morgan fingerprint density at radius 3 is 2.26 bits per heavy atom. The molecule has 6 nitrogen and oxygen atoms in total. The Bertz CT molecular complexity index is 1430. The number of anilines is 1. The summed E-state index contributed by atoms with van der Waals surface area (Å²) in [6.45, 7) is 1.93. The van der Waals surface area contributed by atoms with Crippen LogP contribution in [0.5, 0.6) is 0 Å². The lowest BCUT2D eigenvalue weighted by molar-refractivity contribution is 0.0999. The number of primary amides is 1. The topological polar surface area (TPSA) is 104 Å². The molecule has 0 saturated heterocycles. The summed E-state index contributed by atoms with van der Waals surface area (Å²) in [6, 6.07) is 14.6. The Balaban J connectivity index is 2.17. The van der Waals surface area contributed by atoms with E-state index in [-0.39, 0.29) is 11.3 Å². The van der Waals surface area contributed by atoms with E-state index in [0.717, 1.165) is 22.3 Å². The van der Waals surface area contributed by atoms with Crippen LogP contribution < -0.4 is 17.0 Å². The van der Waals surface area contributed by atoms with Crippen molar-refractivity contribution in [2.75, 3.05) is 5.73 Å². The molecule has 0 aliphatic rings. The van der Waals surface area contributed by atoms with Crippen LogP contribution in [0.15, 0.2) is 53.3 Å². The highest BCUT2D eigenvalue weighted by Gasteiger charge is 2.21. The van der Waals surface area contributed by atoms with Crippen LogP contribution in [0, 0.1) is 6.92 Å². The Morgan fingerprint density at radius 2 is 1.65 bits per heavy atom. The Hall–Kier alpha value is -3.35. The maximum absolute atomic E-state index is 12.7. The molecule has 0 aliphatic carbocycles. The van der Waals surface area contributed by atoms with E-state index in [2.05, 4.69) is 0 Å². The molecule has 0 saturated carbocycles. The zero-order valence-electron chi connectivity index (χ0n) is 16.7. The molecule has 4 N–H and O–H groups in total. The third-order valence-electron chi connectivity index (χ3n) is 5.24. The molecule has 156 valence electrons. The van der Waals surface area contributed by atoms with E-state index in [1.807, 2.05) is 37.3 Å². The maximum atomic E-state index is 12.7. The molecule has 0 aliphatic heterocycles. The molecular weight excluding hydrogens is 435 g/mol. The molecule has 2 aromatic heterocycles. The van der Waals surface area contributed by atoms with Crippen LogP contribution in [0.2, 0.25) is 10.0 Å². The monoisotopic (exact) mass is 452 g/mol. The third kappa shape index (κ3) is 3.54. The van der Waals surface area contributed by atoms with Crippen molar-refractivity contribution >= 4 is 45.8 Å². The van der Waals surface area contributed by atoms with Crippen LogP contribution in [0.3, 0.4) is 0 Å². The van der Waals surface area contributed by atoms with Crippen molar-refractivity contribution in [1.29, 1.82) is 0 Å². The van der Waals surface area contributed by atoms with Crippen molar-refractivity contribution in [2.45, 2.75) is 6.92 Å². The van der Waals surface area contributed by atoms with Crippen LogP contribution in [-0.4, -0.2) is 15.5 Å². The molecule has 4 rings (SSSR count). The first-order chi connectivity index (χ1) is 14.7. The zero-order chi connectivity index (χ0) is 22.4. The minimum Gasteiger partial charge on any atom is -0.397 e. The van der Waals surface area contributed by atoms with Gasteiger partial charge in [0.2, 0.25) is 0 Å². The van der Waals surface area contributed by atoms with E-state index in [9.17, 15) is 9.59 Å². The summed E-state index contributed by atoms with van der Waals surface area (Å²) in [5.74, 6) is -0.884. The van der Waals surface area contributed by atoms with Crippen LogP contribution >= 0.6 is 23.2 Å². The number of nitrogens with zero attached hydrogens (tertiary/aromatic N) is 2. The van der Waals surface area contributed by atoms with Crippen LogP contribution in [0.4, 0.5) is 5.69 Å². The van der Waals surface area contributed by atoms with Gasteiger partial charge < -0.3 is 11.5 Å². The van der Waals surface area contributed by atoms with Gasteiger partial charge in [-0.05, 0) is 48.4 Å². The van der Waals surface area contributed by atoms with Crippen molar-refractivity contribution in [3.05, 3.63) is 80.1 Å². The van der Waals surface area contributed by atoms with Gasteiger partial charge in [-0.1, -0.05) is 41.4 Å². The first-order valence-electron chi connectivity index (χ1n) is 9.34. The number of hydrogen-bond acceptors (Lipinski definition) is 4. The number of benzene rings is 2. The highest BCUT2D eigenvalue weighted by molar-refractivity contribution is 6.31. The number of rotatable bonds is 3. The zero-order valence-corrected chi connectivity index (χ0v) is 18.3. The van der Waals surface area contributed by atoms with E-state index in [1.165, 1.54) is 11.6 Å². The van der Waals surface area contributed by atoms with Gasteiger partial charge in [0.15, 0.2) is 0 Å². The average Bonchev–Trinajstić information content (AvgIpc) is 2.72. The molecule has 31 heavy (non-hydrogen) atoms. The van der Waals surface area contributed by atoms with Gasteiger partial charge >= 0.3 is 0 Å². The minimum atomic E-state index is -0.884. The largest absolute Gasteiger partial charge is 0.397 e. The minimum absolute atomic E-state index is 0.00712. The van der Waals surface area contributed by atoms with Crippen molar-refractivity contribution < 1.29 is 4.79 Å². The number of nitrogens with two attached hydrogens (primary N) is 2. The smallest absolute Gasteiger partial charge is 0.266 e. The van der Waals surface area contributed by atoms with Gasteiger partial charge in [-0.2, -0.15) is 0 Å². The van der Waals surface area contributed by atoms with Crippen LogP contribution in [0.25, 0.3) is 33.4 Å². The standard InChI is InChI=1S/C23H18Cl2N4O2/c1-11-9-14(25)7-8-15(11)20-16(12-3-5-13(24)6-4-12)10-17-19(26)18(21(27)30)23(31)29(2)22(17)28-20/h3-10H,26H2,1-2H3,(H2,27,30). The first kappa shape index (κ1) is 20.9. The second-order valence-electron chi connectivity index (χ2n) is 7.24. The van der Waals surface area contributed by atoms with Crippen LogP contribution in [-0.2, 0) is 7.05 Å². The number of carbonyl (C=O) groups is 1. The van der Waals surface area contributed by atoms with E-state index >= 15 is 0 Å². The predicted octanol–water partition coefficient (Wildman–Crippen LogP) is 4.56. The molecule has 2 aromatic carbocycles. The summed E-state index contributed by atoms with van der Waals surface area (Å²) in [6.07, 6.45) is 0. The van der Waals surface area contributed by atoms with Gasteiger partial charge in [-0.25, -0.2) is 4.98 Å². The van der Waals surface area contributed by atoms with E-state index < -0.39 is 11.5 Å². The summed E-state index contributed by atoms with van der Waals surface area (Å²) in [7, 11) is 1.53. The molecule has 0 radical (unpaired) electrons. The fourth-order valence-corrected chi connectivity index (χ4v) is 4.01. The lowest BCUT2D eigenvalue weighted by atomic mass is 9.95. The lowest BCUT2D eigenvalue weighted by Crippen LogP contribution is -2.30. The van der Waals surface area contributed by atoms with Crippen molar-refractivity contribution in [2.24, 2.45) is 12.8 Å². The number of carbonyl (C=O) groups excluding carboxylic acids is 1. The SMILES string of the molecule is Cc1cc(Cl)ccc1-c1nc2c(cc1-c1ccc(Cl)cc1)c(N)c(C(N)=O)c(=O)n2C. The quantitative estimate of drug-likeness (QED) is 0.475. The van der Waals surface area contributed by atoms with Gasteiger partial charge in [0.05, 0.1) is 11.4 Å². The number of hydrogen-bond donors (Lipinski definition) is 2. The van der Waals surface area contributed by atoms with E-state index in [0.29, 0.717) is 26.8 Å². The summed E-state index contributed by atoms with van der Waals surface area (Å²) >= 11 is 12.2. The maximum Gasteiger partial charge on any atom is 0.266 e. The number of halogens is 2. The Morgan fingerprint density at radius 1 is 1.00 bits per heavy atom. The second-order valence-corrected chi connectivity index (χ2v) is 8.11. The molecule has 2 heterocycles. The number of aromatic nitrogens is 2. The summed E-state index contributed by atoms with van der Waals surface area (Å²) < 4.78 is 1.28. The number of nitrogen functional groups attached to an aromatic ring is 1. The molecule has 0 atom stereocenters. The fraction of sp³-hybridized carbons (Fsp3) is 0.0870. The second kappa shape index (κ2) is 7.72. The number of pyridine rings is 2. The van der Waals surface area contributed by atoms with Gasteiger partial charge in [0, 0.05) is 33.6 Å². The summed E-state index contributed by atoms with van der Waals surface area (Å²) in [4.78, 5) is 29.4. The molecule has 4 aromatic rings. The van der Waals surface area contributed by atoms with Gasteiger partial charge in [-0.3, -0.25) is 14.2 Å². The lowest BCUT2D eigenvalue weighted by Gasteiger charge is -2.17. The summed E-state index contributed by atoms with van der Waals surface area (Å²) in [5.41, 5.74) is 15.1. The predicted molar refractivity (Wildman–Crippen MR) is 126 cm³/mol. The van der Waals surface area contributed by atoms with E-state index in [1.54, 1.807) is 18.2 Å². The fourth-order valence-electron chi connectivity index (χ4n) is 3.66. The normalized spacial score (nSPS) is 11.1. The first-order valence-corrected chi connectivity index (χ1v) is 10.1. The summed E-state index contributed by atoms with van der Waals surface area (Å²) in [5, 5.41) is 1.66. The number of aryl methyl sites for hydroxylation is 2. The molecule has 0 unspecified atom stereocenters. The molecule has 0 bridgehead atoms. The molecule has 0 fully saturated rings. The van der Waals surface area contributed by atoms with Crippen molar-refractivity contribution in [1.82, 2.24) is 9.55 Å². The molecule has 8 heteroatoms. The Kier molecular flexibility index (Phi) is 5.21. The van der Waals surface area contributed by atoms with E-state index in [4.69, 9.17) is 39.7 Å². The highest BCUT2D eigenvalue weighted by atomic mass is 35.5. The van der Waals surface area contributed by atoms with Crippen molar-refractivity contribution in [3.63, 3.8) is 0 Å². The number of amides is 1. The highest BCUT2D eigenvalue weighted by Crippen LogP contribution is 2.37. The molecule has 1 amide bonds. The van der Waals surface area contributed by atoms with Gasteiger partial charge in [0.1, 0.15) is 11.2 Å². The Labute approximate surface area is 188 Å². The molecular formula is C23H18Cl2N4O2. The molecule has 0 spiro atoms. The van der Waals surface area contributed by atoms with Gasteiger partial charge in [0.25, 0.3) is 11.5 Å².